The molecule has 39 heavy (non-hydrogen) atoms. The number of fused-ring (bicyclic) bond motifs is 3. The van der Waals surface area contributed by atoms with Crippen molar-refractivity contribution >= 4 is 63.9 Å². The minimum atomic E-state index is -0.990. The van der Waals surface area contributed by atoms with Crippen molar-refractivity contribution in [3.05, 3.63) is 123 Å². The third-order valence-corrected chi connectivity index (χ3v) is 8.04. The monoisotopic (exact) mass is 576 g/mol. The van der Waals surface area contributed by atoms with Crippen LogP contribution in [0.25, 0.3) is 0 Å². The molecule has 4 atom stereocenters. The molecule has 3 aromatic rings. The van der Waals surface area contributed by atoms with Crippen LogP contribution in [0.1, 0.15) is 20.7 Å². The molecule has 0 radical (unpaired) electrons. The van der Waals surface area contributed by atoms with Crippen LogP contribution in [0.2, 0.25) is 15.1 Å². The first kappa shape index (κ1) is 25.6. The maximum Gasteiger partial charge on any atom is 0.240 e. The molecule has 2 amide bonds. The first-order valence-corrected chi connectivity index (χ1v) is 13.3. The van der Waals surface area contributed by atoms with Gasteiger partial charge < -0.3 is 4.90 Å². The maximum atomic E-state index is 13.9. The molecule has 9 heteroatoms. The first-order valence-electron chi connectivity index (χ1n) is 12.2. The highest BCUT2D eigenvalue weighted by atomic mass is 35.5. The molecular formula is C30H19Cl3N2O4. The van der Waals surface area contributed by atoms with E-state index in [9.17, 15) is 19.2 Å². The van der Waals surface area contributed by atoms with E-state index in [1.54, 1.807) is 71.8 Å². The molecule has 0 bridgehead atoms. The van der Waals surface area contributed by atoms with E-state index in [4.69, 9.17) is 34.8 Å². The Hall–Kier alpha value is -3.71. The van der Waals surface area contributed by atoms with Gasteiger partial charge in [-0.15, -0.1) is 0 Å². The van der Waals surface area contributed by atoms with Crippen LogP contribution in [-0.2, 0) is 9.59 Å². The summed E-state index contributed by atoms with van der Waals surface area (Å²) in [6.07, 6.45) is 4.94. The molecule has 0 aliphatic carbocycles. The molecular weight excluding hydrogens is 559 g/mol. The van der Waals surface area contributed by atoms with Gasteiger partial charge in [0.15, 0.2) is 11.6 Å². The lowest BCUT2D eigenvalue weighted by Crippen LogP contribution is -2.46. The quantitative estimate of drug-likeness (QED) is 0.274. The van der Waals surface area contributed by atoms with E-state index < -0.39 is 35.7 Å². The Kier molecular flexibility index (Phi) is 6.42. The Morgan fingerprint density at radius 2 is 1.36 bits per heavy atom. The van der Waals surface area contributed by atoms with Gasteiger partial charge in [0.25, 0.3) is 0 Å². The number of ketones is 2. The van der Waals surface area contributed by atoms with E-state index in [-0.39, 0.29) is 27.3 Å². The number of benzene rings is 3. The van der Waals surface area contributed by atoms with Crippen LogP contribution in [0.4, 0.5) is 5.69 Å². The number of halogens is 3. The molecule has 3 aromatic carbocycles. The van der Waals surface area contributed by atoms with Crippen molar-refractivity contribution < 1.29 is 19.2 Å². The average Bonchev–Trinajstić information content (AvgIpc) is 3.39. The zero-order valence-corrected chi connectivity index (χ0v) is 22.4. The second-order valence-electron chi connectivity index (χ2n) is 9.58. The lowest BCUT2D eigenvalue weighted by Gasteiger charge is -2.32. The van der Waals surface area contributed by atoms with Crippen LogP contribution >= 0.6 is 34.8 Å². The molecule has 0 spiro atoms. The van der Waals surface area contributed by atoms with E-state index in [1.165, 1.54) is 18.2 Å². The van der Waals surface area contributed by atoms with E-state index in [0.29, 0.717) is 21.7 Å². The van der Waals surface area contributed by atoms with Gasteiger partial charge in [0.2, 0.25) is 11.8 Å². The summed E-state index contributed by atoms with van der Waals surface area (Å²) in [7, 11) is 0. The zero-order valence-electron chi connectivity index (χ0n) is 20.1. The Morgan fingerprint density at radius 1 is 0.718 bits per heavy atom. The first-order chi connectivity index (χ1) is 18.7. The fourth-order valence-corrected chi connectivity index (χ4v) is 6.30. The summed E-state index contributed by atoms with van der Waals surface area (Å²) in [6, 6.07) is 18.0. The summed E-state index contributed by atoms with van der Waals surface area (Å²) in [5.74, 6) is -3.45. The number of imide groups is 1. The molecule has 0 N–H and O–H groups in total. The molecule has 0 aromatic heterocycles. The fraction of sp³-hybridized carbons (Fsp3) is 0.133. The molecule has 3 heterocycles. The lowest BCUT2D eigenvalue weighted by molar-refractivity contribution is -0.123. The Balaban J connectivity index is 1.44. The standard InChI is InChI=1S/C30H19Cl3N2O4/c31-19-8-6-17(7-9-19)28(37)26-25-24(29(38)35(30(25)39)22-14-20(32)13-21(33)15-22)23-12-18(10-11-34(23)26)27(36)16-4-2-1-3-5-16/h1-15,23-26H/t23-,24+,25-,26+/m0/s1. The molecule has 2 fully saturated rings. The molecule has 194 valence electrons. The Bertz CT molecular complexity index is 1580. The Labute approximate surface area is 239 Å². The van der Waals surface area contributed by atoms with Crippen LogP contribution < -0.4 is 4.90 Å². The number of rotatable bonds is 5. The number of nitrogens with zero attached hydrogens (tertiary/aromatic N) is 2. The number of carbonyl (C=O) groups is 4. The van der Waals surface area contributed by atoms with Crippen molar-refractivity contribution in [3.8, 4) is 0 Å². The van der Waals surface area contributed by atoms with Crippen LogP contribution in [-0.4, -0.2) is 40.4 Å². The van der Waals surface area contributed by atoms with Gasteiger partial charge in [0.1, 0.15) is 6.04 Å². The molecule has 0 saturated carbocycles. The lowest BCUT2D eigenvalue weighted by atomic mass is 9.85. The summed E-state index contributed by atoms with van der Waals surface area (Å²) in [5.41, 5.74) is 1.47. The second kappa shape index (κ2) is 9.79. The van der Waals surface area contributed by atoms with Gasteiger partial charge in [-0.05, 0) is 48.5 Å². The van der Waals surface area contributed by atoms with Crippen molar-refractivity contribution in [1.29, 1.82) is 0 Å². The van der Waals surface area contributed by atoms with Crippen molar-refractivity contribution in [2.75, 3.05) is 4.90 Å². The highest BCUT2D eigenvalue weighted by Crippen LogP contribution is 2.47. The van der Waals surface area contributed by atoms with Gasteiger partial charge in [0.05, 0.1) is 23.6 Å². The number of anilines is 1. The number of allylic oxidation sites excluding steroid dienone is 2. The van der Waals surface area contributed by atoms with Crippen LogP contribution in [0.3, 0.4) is 0 Å². The molecule has 0 unspecified atom stereocenters. The van der Waals surface area contributed by atoms with Gasteiger partial charge in [-0.2, -0.15) is 0 Å². The van der Waals surface area contributed by atoms with Crippen LogP contribution in [0.15, 0.2) is 96.7 Å². The number of hydrogen-bond donors (Lipinski definition) is 0. The summed E-state index contributed by atoms with van der Waals surface area (Å²) >= 11 is 18.4. The molecule has 2 saturated heterocycles. The third kappa shape index (κ3) is 4.29. The Morgan fingerprint density at radius 3 is 2.03 bits per heavy atom. The topological polar surface area (TPSA) is 74.8 Å². The predicted octanol–water partition coefficient (Wildman–Crippen LogP) is 6.02. The van der Waals surface area contributed by atoms with Crippen LogP contribution in [0.5, 0.6) is 0 Å². The minimum absolute atomic E-state index is 0.217. The summed E-state index contributed by atoms with van der Waals surface area (Å²) < 4.78 is 0. The largest absolute Gasteiger partial charge is 0.359 e. The highest BCUT2D eigenvalue weighted by molar-refractivity contribution is 6.36. The van der Waals surface area contributed by atoms with Crippen molar-refractivity contribution in [2.24, 2.45) is 11.8 Å². The van der Waals surface area contributed by atoms with Gasteiger partial charge in [0, 0.05) is 38.0 Å². The van der Waals surface area contributed by atoms with Crippen molar-refractivity contribution in [3.63, 3.8) is 0 Å². The highest BCUT2D eigenvalue weighted by Gasteiger charge is 2.63. The summed E-state index contributed by atoms with van der Waals surface area (Å²) in [5, 5.41) is 0.998. The minimum Gasteiger partial charge on any atom is -0.359 e. The zero-order chi connectivity index (χ0) is 27.4. The maximum absolute atomic E-state index is 13.9. The van der Waals surface area contributed by atoms with E-state index in [2.05, 4.69) is 0 Å². The molecule has 6 nitrogen and oxygen atoms in total. The molecule has 3 aliphatic heterocycles. The fourth-order valence-electron chi connectivity index (χ4n) is 5.66. The van der Waals surface area contributed by atoms with Gasteiger partial charge in [-0.3, -0.25) is 19.2 Å². The van der Waals surface area contributed by atoms with E-state index in [1.807, 2.05) is 6.07 Å². The summed E-state index contributed by atoms with van der Waals surface area (Å²) in [4.78, 5) is 57.7. The van der Waals surface area contributed by atoms with E-state index in [0.717, 1.165) is 4.90 Å². The van der Waals surface area contributed by atoms with E-state index >= 15 is 0 Å². The van der Waals surface area contributed by atoms with Crippen LogP contribution in [0, 0.1) is 11.8 Å². The number of amides is 2. The molecule has 3 aliphatic rings. The molecule has 6 rings (SSSR count). The predicted molar refractivity (Wildman–Crippen MR) is 149 cm³/mol. The average molecular weight is 578 g/mol. The van der Waals surface area contributed by atoms with Crippen molar-refractivity contribution in [2.45, 2.75) is 12.1 Å². The second-order valence-corrected chi connectivity index (χ2v) is 10.9. The SMILES string of the molecule is O=C(C1=C[C@H]2[C@H]3C(=O)N(c4cc(Cl)cc(Cl)c4)C(=O)[C@@H]3[C@H](C(=O)c3ccc(Cl)cc3)N2C=C1)c1ccccc1. The number of Topliss-reactive ketones (excluding diaryl/α,β-unsaturated/α-hetero) is 2. The normalized spacial score (nSPS) is 23.5. The smallest absolute Gasteiger partial charge is 0.240 e. The van der Waals surface area contributed by atoms with Crippen molar-refractivity contribution in [1.82, 2.24) is 4.90 Å². The summed E-state index contributed by atoms with van der Waals surface area (Å²) in [6.45, 7) is 0. The number of hydrogen-bond acceptors (Lipinski definition) is 5. The number of carbonyl (C=O) groups excluding carboxylic acids is 4. The van der Waals surface area contributed by atoms with Gasteiger partial charge in [-0.1, -0.05) is 71.2 Å². The van der Waals surface area contributed by atoms with Gasteiger partial charge in [-0.25, -0.2) is 4.90 Å². The van der Waals surface area contributed by atoms with Gasteiger partial charge >= 0.3 is 0 Å². The third-order valence-electron chi connectivity index (χ3n) is 7.35.